The van der Waals surface area contributed by atoms with E-state index in [1.54, 1.807) is 14.0 Å². The molecule has 5 heteroatoms. The molecule has 1 aromatic heterocycles. The van der Waals surface area contributed by atoms with Gasteiger partial charge in [0.2, 0.25) is 11.8 Å². The molecule has 5 nitrogen and oxygen atoms in total. The highest BCUT2D eigenvalue weighted by molar-refractivity contribution is 5.81. The predicted octanol–water partition coefficient (Wildman–Crippen LogP) is 5.04. The summed E-state index contributed by atoms with van der Waals surface area (Å²) >= 11 is 0. The van der Waals surface area contributed by atoms with Crippen LogP contribution in [0.1, 0.15) is 31.6 Å². The monoisotopic (exact) mass is 350 g/mol. The molecule has 26 heavy (non-hydrogen) atoms. The average molecular weight is 350 g/mol. The SMILES string of the molecule is COc1ccc(-c2ccccc2-c2nnc(C)o2)cc1OC1CCCC1. The molecule has 0 saturated heterocycles. The third-order valence-electron chi connectivity index (χ3n) is 4.75. The van der Waals surface area contributed by atoms with Crippen molar-refractivity contribution in [3.8, 4) is 34.1 Å². The molecule has 0 radical (unpaired) electrons. The van der Waals surface area contributed by atoms with E-state index in [0.717, 1.165) is 41.0 Å². The molecular formula is C21H22N2O3. The molecule has 0 N–H and O–H groups in total. The van der Waals surface area contributed by atoms with Crippen LogP contribution in [0.4, 0.5) is 0 Å². The fourth-order valence-electron chi connectivity index (χ4n) is 3.45. The lowest BCUT2D eigenvalue weighted by Gasteiger charge is -2.17. The zero-order valence-corrected chi connectivity index (χ0v) is 15.1. The topological polar surface area (TPSA) is 57.4 Å². The van der Waals surface area contributed by atoms with Gasteiger partial charge in [0.15, 0.2) is 11.5 Å². The second-order valence-corrected chi connectivity index (χ2v) is 6.56. The first-order chi connectivity index (χ1) is 12.7. The van der Waals surface area contributed by atoms with Gasteiger partial charge in [-0.2, -0.15) is 0 Å². The molecule has 0 unspecified atom stereocenters. The highest BCUT2D eigenvalue weighted by Crippen LogP contribution is 2.38. The van der Waals surface area contributed by atoms with Crippen molar-refractivity contribution < 1.29 is 13.9 Å². The van der Waals surface area contributed by atoms with E-state index in [0.29, 0.717) is 11.8 Å². The maximum atomic E-state index is 6.23. The third-order valence-corrected chi connectivity index (χ3v) is 4.75. The maximum absolute atomic E-state index is 6.23. The molecule has 3 aromatic rings. The molecule has 2 aromatic carbocycles. The van der Waals surface area contributed by atoms with E-state index in [2.05, 4.69) is 16.3 Å². The van der Waals surface area contributed by atoms with Crippen molar-refractivity contribution >= 4 is 0 Å². The Morgan fingerprint density at radius 2 is 1.73 bits per heavy atom. The number of aryl methyl sites for hydroxylation is 1. The Balaban J connectivity index is 1.74. The van der Waals surface area contributed by atoms with Gasteiger partial charge in [-0.1, -0.05) is 24.3 Å². The van der Waals surface area contributed by atoms with E-state index in [4.69, 9.17) is 13.9 Å². The summed E-state index contributed by atoms with van der Waals surface area (Å²) in [5.41, 5.74) is 2.96. The lowest BCUT2D eigenvalue weighted by Crippen LogP contribution is -2.11. The molecule has 4 rings (SSSR count). The first-order valence-corrected chi connectivity index (χ1v) is 8.99. The number of rotatable bonds is 5. The summed E-state index contributed by atoms with van der Waals surface area (Å²) in [5.74, 6) is 2.61. The Hall–Kier alpha value is -2.82. The van der Waals surface area contributed by atoms with Crippen molar-refractivity contribution in [1.29, 1.82) is 0 Å². The van der Waals surface area contributed by atoms with Gasteiger partial charge in [0.1, 0.15) is 0 Å². The maximum Gasteiger partial charge on any atom is 0.248 e. The van der Waals surface area contributed by atoms with Crippen LogP contribution in [0.2, 0.25) is 0 Å². The number of ether oxygens (including phenoxy) is 2. The quantitative estimate of drug-likeness (QED) is 0.645. The highest BCUT2D eigenvalue weighted by Gasteiger charge is 2.20. The third kappa shape index (κ3) is 3.29. The average Bonchev–Trinajstić information content (AvgIpc) is 3.33. The highest BCUT2D eigenvalue weighted by atomic mass is 16.5. The van der Waals surface area contributed by atoms with E-state index in [-0.39, 0.29) is 6.10 Å². The van der Waals surface area contributed by atoms with Gasteiger partial charge in [0, 0.05) is 12.5 Å². The van der Waals surface area contributed by atoms with Crippen molar-refractivity contribution in [2.45, 2.75) is 38.7 Å². The number of methoxy groups -OCH3 is 1. The summed E-state index contributed by atoms with van der Waals surface area (Å²) in [5, 5.41) is 8.12. The van der Waals surface area contributed by atoms with Crippen LogP contribution in [0.25, 0.3) is 22.6 Å². The fraction of sp³-hybridized carbons (Fsp3) is 0.333. The van der Waals surface area contributed by atoms with E-state index in [9.17, 15) is 0 Å². The second-order valence-electron chi connectivity index (χ2n) is 6.56. The summed E-state index contributed by atoms with van der Waals surface area (Å²) in [6, 6.07) is 14.0. The largest absolute Gasteiger partial charge is 0.493 e. The van der Waals surface area contributed by atoms with Gasteiger partial charge in [-0.15, -0.1) is 10.2 Å². The number of benzene rings is 2. The van der Waals surface area contributed by atoms with Crippen molar-refractivity contribution in [1.82, 2.24) is 10.2 Å². The van der Waals surface area contributed by atoms with Crippen LogP contribution in [0, 0.1) is 6.92 Å². The molecule has 1 saturated carbocycles. The van der Waals surface area contributed by atoms with Crippen molar-refractivity contribution in [3.63, 3.8) is 0 Å². The Morgan fingerprint density at radius 1 is 0.962 bits per heavy atom. The normalized spacial score (nSPS) is 14.5. The van der Waals surface area contributed by atoms with Gasteiger partial charge >= 0.3 is 0 Å². The number of hydrogen-bond donors (Lipinski definition) is 0. The number of hydrogen-bond acceptors (Lipinski definition) is 5. The fourth-order valence-corrected chi connectivity index (χ4v) is 3.45. The van der Waals surface area contributed by atoms with Crippen molar-refractivity contribution in [2.75, 3.05) is 7.11 Å². The summed E-state index contributed by atoms with van der Waals surface area (Å²) < 4.78 is 17.4. The molecule has 1 aliphatic carbocycles. The minimum absolute atomic E-state index is 0.271. The Kier molecular flexibility index (Phi) is 4.61. The van der Waals surface area contributed by atoms with Gasteiger partial charge in [-0.25, -0.2) is 0 Å². The molecule has 0 aliphatic heterocycles. The molecular weight excluding hydrogens is 328 g/mol. The minimum Gasteiger partial charge on any atom is -0.493 e. The second kappa shape index (κ2) is 7.20. The van der Waals surface area contributed by atoms with Crippen LogP contribution < -0.4 is 9.47 Å². The Labute approximate surface area is 153 Å². The van der Waals surface area contributed by atoms with Crippen LogP contribution in [-0.2, 0) is 0 Å². The van der Waals surface area contributed by atoms with E-state index in [1.807, 2.05) is 36.4 Å². The minimum atomic E-state index is 0.271. The number of nitrogens with zero attached hydrogens (tertiary/aromatic N) is 2. The van der Waals surface area contributed by atoms with Crippen molar-refractivity contribution in [2.24, 2.45) is 0 Å². The molecule has 1 aliphatic rings. The van der Waals surface area contributed by atoms with Gasteiger partial charge in [-0.3, -0.25) is 0 Å². The summed E-state index contributed by atoms with van der Waals surface area (Å²) in [7, 11) is 1.67. The molecule has 1 fully saturated rings. The Bertz CT molecular complexity index is 898. The van der Waals surface area contributed by atoms with Crippen molar-refractivity contribution in [3.05, 3.63) is 48.4 Å². The molecule has 134 valence electrons. The van der Waals surface area contributed by atoms with Crippen LogP contribution in [0.5, 0.6) is 11.5 Å². The van der Waals surface area contributed by atoms with Gasteiger partial charge in [-0.05, 0) is 55.0 Å². The predicted molar refractivity (Wildman–Crippen MR) is 99.3 cm³/mol. The molecule has 0 atom stereocenters. The summed E-state index contributed by atoms with van der Waals surface area (Å²) in [6.45, 7) is 1.79. The lowest BCUT2D eigenvalue weighted by molar-refractivity contribution is 0.201. The smallest absolute Gasteiger partial charge is 0.248 e. The first kappa shape index (κ1) is 16.6. The molecule has 0 bridgehead atoms. The lowest BCUT2D eigenvalue weighted by atomic mass is 9.99. The summed E-state index contributed by atoms with van der Waals surface area (Å²) in [6.07, 6.45) is 4.93. The van der Waals surface area contributed by atoms with E-state index < -0.39 is 0 Å². The van der Waals surface area contributed by atoms with Gasteiger partial charge < -0.3 is 13.9 Å². The van der Waals surface area contributed by atoms with Crippen LogP contribution in [0.3, 0.4) is 0 Å². The zero-order chi connectivity index (χ0) is 17.9. The summed E-state index contributed by atoms with van der Waals surface area (Å²) in [4.78, 5) is 0. The van der Waals surface area contributed by atoms with Crippen LogP contribution in [0.15, 0.2) is 46.9 Å². The van der Waals surface area contributed by atoms with Crippen LogP contribution in [-0.4, -0.2) is 23.4 Å². The Morgan fingerprint density at radius 3 is 2.42 bits per heavy atom. The van der Waals surface area contributed by atoms with Gasteiger partial charge in [0.25, 0.3) is 0 Å². The van der Waals surface area contributed by atoms with E-state index >= 15 is 0 Å². The molecule has 0 amide bonds. The van der Waals surface area contributed by atoms with Crippen LogP contribution >= 0.6 is 0 Å². The molecule has 0 spiro atoms. The first-order valence-electron chi connectivity index (χ1n) is 8.99. The number of aromatic nitrogens is 2. The standard InChI is InChI=1S/C21H22N2O3/c1-14-22-23-21(25-14)18-10-6-5-9-17(18)15-11-12-19(24-2)20(13-15)26-16-7-3-4-8-16/h5-6,9-13,16H,3-4,7-8H2,1-2H3. The van der Waals surface area contributed by atoms with E-state index in [1.165, 1.54) is 12.8 Å². The zero-order valence-electron chi connectivity index (χ0n) is 15.1. The van der Waals surface area contributed by atoms with Gasteiger partial charge in [0.05, 0.1) is 13.2 Å². The molecule has 1 heterocycles.